The molecular formula is C37H39Cl2N7O5S. The Hall–Kier alpha value is -4.69. The van der Waals surface area contributed by atoms with Crippen molar-refractivity contribution in [1.82, 2.24) is 29.1 Å². The van der Waals surface area contributed by atoms with Crippen LogP contribution in [0.3, 0.4) is 0 Å². The van der Waals surface area contributed by atoms with Crippen LogP contribution in [-0.2, 0) is 23.9 Å². The van der Waals surface area contributed by atoms with Crippen LogP contribution in [0.5, 0.6) is 0 Å². The first-order valence-electron chi connectivity index (χ1n) is 16.2. The Bertz CT molecular complexity index is 2500. The smallest absolute Gasteiger partial charge is 0.259 e. The molecule has 2 aromatic carbocycles. The molecular weight excluding hydrogens is 725 g/mol. The Morgan fingerprint density at radius 1 is 0.769 bits per heavy atom. The second-order valence-corrected chi connectivity index (χ2v) is 15.2. The van der Waals surface area contributed by atoms with E-state index >= 15 is 0 Å². The third-order valence-corrected chi connectivity index (χ3v) is 10.5. The van der Waals surface area contributed by atoms with Crippen molar-refractivity contribution in [3.63, 3.8) is 0 Å². The summed E-state index contributed by atoms with van der Waals surface area (Å²) in [7, 11) is -0.303. The fraction of sp³-hybridized carbons (Fsp3) is 0.297. The van der Waals surface area contributed by atoms with Gasteiger partial charge in [-0.15, -0.1) is 0 Å². The molecule has 0 amide bonds. The molecule has 4 aromatic heterocycles. The molecule has 0 spiro atoms. The number of sulfone groups is 1. The maximum absolute atomic E-state index is 12.9. The van der Waals surface area contributed by atoms with E-state index in [0.717, 1.165) is 37.3 Å². The summed E-state index contributed by atoms with van der Waals surface area (Å²) in [6.45, 7) is 0.259. The van der Waals surface area contributed by atoms with Crippen molar-refractivity contribution < 1.29 is 13.5 Å². The van der Waals surface area contributed by atoms with Crippen molar-refractivity contribution in [2.45, 2.75) is 44.3 Å². The highest BCUT2D eigenvalue weighted by atomic mass is 35.5. The monoisotopic (exact) mass is 763 g/mol. The minimum absolute atomic E-state index is 0. The van der Waals surface area contributed by atoms with Gasteiger partial charge < -0.3 is 10.4 Å². The normalized spacial score (nSPS) is 15.8. The largest absolute Gasteiger partial charge is 0.396 e. The number of aliphatic hydroxyl groups excluding tert-OH is 1. The first kappa shape index (κ1) is 38.5. The fourth-order valence-electron chi connectivity index (χ4n) is 6.14. The van der Waals surface area contributed by atoms with E-state index in [4.69, 9.17) is 23.2 Å². The number of nitrogens with zero attached hydrogens (tertiary/aromatic N) is 6. The van der Waals surface area contributed by atoms with Gasteiger partial charge in [-0.3, -0.25) is 18.7 Å². The van der Waals surface area contributed by atoms with Gasteiger partial charge in [0.1, 0.15) is 11.3 Å². The maximum Gasteiger partial charge on any atom is 0.259 e. The van der Waals surface area contributed by atoms with Crippen molar-refractivity contribution in [3.05, 3.63) is 104 Å². The molecule has 1 fully saturated rings. The Labute approximate surface area is 311 Å². The van der Waals surface area contributed by atoms with E-state index in [1.165, 1.54) is 17.8 Å². The van der Waals surface area contributed by atoms with E-state index in [1.54, 1.807) is 60.3 Å². The molecule has 0 radical (unpaired) electrons. The van der Waals surface area contributed by atoms with E-state index in [2.05, 4.69) is 25.3 Å². The fourth-order valence-corrected chi connectivity index (χ4v) is 7.11. The minimum atomic E-state index is -3.55. The van der Waals surface area contributed by atoms with E-state index in [0.29, 0.717) is 61.2 Å². The number of anilines is 1. The van der Waals surface area contributed by atoms with Crippen LogP contribution in [0.4, 0.5) is 5.95 Å². The molecule has 6 aromatic rings. The summed E-state index contributed by atoms with van der Waals surface area (Å²) in [5.74, 6) is 0.931. The molecule has 7 rings (SSSR count). The first-order chi connectivity index (χ1) is 24.3. The van der Waals surface area contributed by atoms with Gasteiger partial charge in [0.2, 0.25) is 20.9 Å². The number of aromatic nitrogens is 6. The number of rotatable bonds is 6. The van der Waals surface area contributed by atoms with Gasteiger partial charge in [-0.1, -0.05) is 67.0 Å². The highest BCUT2D eigenvalue weighted by molar-refractivity contribution is 7.90. The zero-order valence-electron chi connectivity index (χ0n) is 28.0. The predicted octanol–water partition coefficient (Wildman–Crippen LogP) is 6.30. The van der Waals surface area contributed by atoms with Crippen LogP contribution in [0.1, 0.15) is 33.1 Å². The molecule has 1 aliphatic carbocycles. The third kappa shape index (κ3) is 8.02. The summed E-state index contributed by atoms with van der Waals surface area (Å²) >= 11 is 12.4. The molecule has 0 saturated heterocycles. The summed E-state index contributed by atoms with van der Waals surface area (Å²) in [5.41, 5.74) is 2.62. The molecule has 52 heavy (non-hydrogen) atoms. The topological polar surface area (TPSA) is 162 Å². The summed E-state index contributed by atoms with van der Waals surface area (Å²) in [6.07, 6.45) is 8.11. The minimum Gasteiger partial charge on any atom is -0.396 e. The lowest BCUT2D eigenvalue weighted by Crippen LogP contribution is -2.28. The summed E-state index contributed by atoms with van der Waals surface area (Å²) < 4.78 is 26.0. The van der Waals surface area contributed by atoms with Crippen molar-refractivity contribution in [2.24, 2.45) is 20.0 Å². The Morgan fingerprint density at radius 2 is 1.25 bits per heavy atom. The predicted molar refractivity (Wildman–Crippen MR) is 207 cm³/mol. The van der Waals surface area contributed by atoms with Crippen LogP contribution in [-0.4, -0.2) is 61.5 Å². The van der Waals surface area contributed by atoms with Crippen LogP contribution < -0.4 is 16.4 Å². The Balaban J connectivity index is 0.000000201. The van der Waals surface area contributed by atoms with Gasteiger partial charge in [0.15, 0.2) is 0 Å². The molecule has 4 heterocycles. The lowest BCUT2D eigenvalue weighted by molar-refractivity contribution is 0.185. The van der Waals surface area contributed by atoms with Crippen LogP contribution in [0.2, 0.25) is 10.0 Å². The van der Waals surface area contributed by atoms with Crippen LogP contribution >= 0.6 is 23.2 Å². The highest BCUT2D eigenvalue weighted by Gasteiger charge is 2.22. The molecule has 272 valence electrons. The molecule has 2 N–H and O–H groups in total. The van der Waals surface area contributed by atoms with Gasteiger partial charge in [0.25, 0.3) is 11.1 Å². The van der Waals surface area contributed by atoms with Crippen molar-refractivity contribution in [3.8, 4) is 22.3 Å². The van der Waals surface area contributed by atoms with Crippen LogP contribution in [0, 0.1) is 5.92 Å². The number of pyridine rings is 2. The number of aryl methyl sites for hydroxylation is 2. The first-order valence-corrected chi connectivity index (χ1v) is 18.8. The SMILES string of the molecule is C.Cn1c(=O)c(-c2ccccc2Cl)cc2cnc(NC3CCC(CO)CC3)nc21.Cn1c(=O)c(-c2ccccc2Cl)cc2cnc(S(C)(=O)=O)nc21. The number of nitrogens with one attached hydrogen (secondary N) is 1. The number of hydrogen-bond donors (Lipinski definition) is 2. The second kappa shape index (κ2) is 15.9. The zero-order valence-corrected chi connectivity index (χ0v) is 30.4. The van der Waals surface area contributed by atoms with Crippen molar-refractivity contribution >= 4 is 61.1 Å². The third-order valence-electron chi connectivity index (χ3n) is 8.97. The van der Waals surface area contributed by atoms with Gasteiger partial charge in [0.05, 0.1) is 0 Å². The van der Waals surface area contributed by atoms with Gasteiger partial charge >= 0.3 is 0 Å². The number of halogens is 2. The van der Waals surface area contributed by atoms with E-state index in [1.807, 2.05) is 18.2 Å². The molecule has 12 nitrogen and oxygen atoms in total. The standard InChI is InChI=1S/C21H23ClN4O2.C15H12ClN3O3S.CH4/c1-26-19-14(10-17(20(26)28)16-4-2-3-5-18(16)22)11-23-21(25-19)24-15-8-6-13(12-27)7-9-15;1-19-13-9(8-17-15(18-13)23(2,21)22)7-11(14(19)20)10-5-3-4-6-12(10)16;/h2-5,10-11,13,15,27H,6-9,12H2,1H3,(H,23,24,25);3-8H,1-2H3;1H4. The lowest BCUT2D eigenvalue weighted by Gasteiger charge is -2.27. The average Bonchev–Trinajstić information content (AvgIpc) is 3.12. The number of benzene rings is 2. The summed E-state index contributed by atoms with van der Waals surface area (Å²) in [5, 5.41) is 14.7. The van der Waals surface area contributed by atoms with Gasteiger partial charge in [-0.2, -0.15) is 9.97 Å². The molecule has 0 aliphatic heterocycles. The van der Waals surface area contributed by atoms with Crippen molar-refractivity contribution in [1.29, 1.82) is 0 Å². The Kier molecular flexibility index (Phi) is 11.8. The zero-order chi connectivity index (χ0) is 36.4. The maximum atomic E-state index is 12.9. The quantitative estimate of drug-likeness (QED) is 0.184. The number of aliphatic hydroxyl groups is 1. The van der Waals surface area contributed by atoms with Crippen LogP contribution in [0.15, 0.2) is 87.8 Å². The molecule has 1 aliphatic rings. The summed E-state index contributed by atoms with van der Waals surface area (Å²) in [6, 6.07) is 18.0. The lowest BCUT2D eigenvalue weighted by atomic mass is 9.87. The molecule has 15 heteroatoms. The van der Waals surface area contributed by atoms with Gasteiger partial charge in [0, 0.05) is 88.5 Å². The van der Waals surface area contributed by atoms with Crippen LogP contribution in [0.25, 0.3) is 44.3 Å². The van der Waals surface area contributed by atoms with E-state index in [9.17, 15) is 23.1 Å². The molecule has 0 unspecified atom stereocenters. The Morgan fingerprint density at radius 3 is 1.73 bits per heavy atom. The summed E-state index contributed by atoms with van der Waals surface area (Å²) in [4.78, 5) is 42.4. The van der Waals surface area contributed by atoms with Gasteiger partial charge in [-0.05, 0) is 55.9 Å². The van der Waals surface area contributed by atoms with E-state index < -0.39 is 9.84 Å². The average molecular weight is 765 g/mol. The second-order valence-electron chi connectivity index (χ2n) is 12.5. The molecule has 1 saturated carbocycles. The number of hydrogen-bond acceptors (Lipinski definition) is 10. The molecule has 0 atom stereocenters. The van der Waals surface area contributed by atoms with Crippen molar-refractivity contribution in [2.75, 3.05) is 18.2 Å². The van der Waals surface area contributed by atoms with E-state index in [-0.39, 0.29) is 36.0 Å². The number of fused-ring (bicyclic) bond motifs is 2. The highest BCUT2D eigenvalue weighted by Crippen LogP contribution is 2.29. The van der Waals surface area contributed by atoms with Gasteiger partial charge in [-0.25, -0.2) is 18.4 Å². The molecule has 0 bridgehead atoms.